The Bertz CT molecular complexity index is 344. The summed E-state index contributed by atoms with van der Waals surface area (Å²) in [5.41, 5.74) is 6.53. The molecule has 0 aliphatic heterocycles. The lowest BCUT2D eigenvalue weighted by molar-refractivity contribution is 0.0931. The van der Waals surface area contributed by atoms with Crippen molar-refractivity contribution in [2.45, 2.75) is 19.4 Å². The van der Waals surface area contributed by atoms with Crippen LogP contribution in [-0.4, -0.2) is 33.7 Å². The Morgan fingerprint density at radius 2 is 2.44 bits per heavy atom. The smallest absolute Gasteiger partial charge is 0.271 e. The summed E-state index contributed by atoms with van der Waals surface area (Å²) in [7, 11) is 1.71. The highest BCUT2D eigenvalue weighted by Crippen LogP contribution is 2.10. The molecule has 6 heteroatoms. The number of nitrogens with two attached hydrogens (primary N) is 1. The molecular formula is C10H18N4OS. The molecule has 0 spiro atoms. The molecule has 1 atom stereocenters. The van der Waals surface area contributed by atoms with Gasteiger partial charge in [0.1, 0.15) is 5.69 Å². The van der Waals surface area contributed by atoms with Crippen molar-refractivity contribution < 1.29 is 4.79 Å². The number of thioether (sulfide) groups is 1. The maximum Gasteiger partial charge on any atom is 0.271 e. The van der Waals surface area contributed by atoms with E-state index in [0.717, 1.165) is 12.2 Å². The molecule has 1 unspecified atom stereocenters. The highest BCUT2D eigenvalue weighted by molar-refractivity contribution is 7.98. The van der Waals surface area contributed by atoms with Gasteiger partial charge in [0.2, 0.25) is 0 Å². The zero-order valence-electron chi connectivity index (χ0n) is 9.86. The van der Waals surface area contributed by atoms with Gasteiger partial charge in [-0.15, -0.1) is 0 Å². The van der Waals surface area contributed by atoms with Gasteiger partial charge in [0.25, 0.3) is 5.91 Å². The van der Waals surface area contributed by atoms with Crippen LogP contribution in [0.3, 0.4) is 0 Å². The predicted octanol–water partition coefficient (Wildman–Crippen LogP) is 0.874. The van der Waals surface area contributed by atoms with Gasteiger partial charge in [-0.1, -0.05) is 6.92 Å². The first kappa shape index (κ1) is 12.9. The first-order valence-corrected chi connectivity index (χ1v) is 6.56. The Kier molecular flexibility index (Phi) is 4.67. The van der Waals surface area contributed by atoms with Gasteiger partial charge in [-0.3, -0.25) is 9.48 Å². The van der Waals surface area contributed by atoms with Crippen LogP contribution in [0.5, 0.6) is 0 Å². The largest absolute Gasteiger partial charge is 0.396 e. The van der Waals surface area contributed by atoms with E-state index in [1.54, 1.807) is 18.8 Å². The quantitative estimate of drug-likeness (QED) is 0.803. The van der Waals surface area contributed by atoms with E-state index in [2.05, 4.69) is 10.4 Å². The summed E-state index contributed by atoms with van der Waals surface area (Å²) >= 11 is 1.71. The number of hydrogen-bond acceptors (Lipinski definition) is 4. The van der Waals surface area contributed by atoms with Gasteiger partial charge in [0, 0.05) is 18.8 Å². The van der Waals surface area contributed by atoms with E-state index in [1.165, 1.54) is 10.9 Å². The maximum atomic E-state index is 11.9. The second kappa shape index (κ2) is 5.79. The monoisotopic (exact) mass is 242 g/mol. The zero-order chi connectivity index (χ0) is 12.1. The number of rotatable bonds is 5. The molecule has 0 fully saturated rings. The van der Waals surface area contributed by atoms with Crippen molar-refractivity contribution in [1.82, 2.24) is 15.1 Å². The van der Waals surface area contributed by atoms with Gasteiger partial charge in [-0.05, 0) is 12.7 Å². The van der Waals surface area contributed by atoms with Crippen molar-refractivity contribution in [3.05, 3.63) is 11.9 Å². The highest BCUT2D eigenvalue weighted by Gasteiger charge is 2.17. The van der Waals surface area contributed by atoms with Crippen LogP contribution in [-0.2, 0) is 7.05 Å². The summed E-state index contributed by atoms with van der Waals surface area (Å²) in [6, 6.07) is 0.178. The van der Waals surface area contributed by atoms with E-state index in [-0.39, 0.29) is 11.9 Å². The summed E-state index contributed by atoms with van der Waals surface area (Å²) in [6.45, 7) is 2.05. The summed E-state index contributed by atoms with van der Waals surface area (Å²) in [6.07, 6.45) is 4.42. The van der Waals surface area contributed by atoms with Crippen LogP contribution in [0.15, 0.2) is 6.20 Å². The topological polar surface area (TPSA) is 72.9 Å². The third kappa shape index (κ3) is 2.91. The van der Waals surface area contributed by atoms with Crippen LogP contribution < -0.4 is 11.1 Å². The summed E-state index contributed by atoms with van der Waals surface area (Å²) in [4.78, 5) is 11.9. The Morgan fingerprint density at radius 3 is 2.88 bits per heavy atom. The SMILES string of the molecule is CCC(CSC)NC(=O)c1c(N)cnn1C. The van der Waals surface area contributed by atoms with Gasteiger partial charge in [-0.25, -0.2) is 0 Å². The predicted molar refractivity (Wildman–Crippen MR) is 67.5 cm³/mol. The zero-order valence-corrected chi connectivity index (χ0v) is 10.7. The van der Waals surface area contributed by atoms with Crippen molar-refractivity contribution in [1.29, 1.82) is 0 Å². The Hall–Kier alpha value is -1.17. The molecule has 3 N–H and O–H groups in total. The molecule has 0 aliphatic rings. The van der Waals surface area contributed by atoms with E-state index < -0.39 is 0 Å². The van der Waals surface area contributed by atoms with Gasteiger partial charge < -0.3 is 11.1 Å². The van der Waals surface area contributed by atoms with Crippen LogP contribution in [0, 0.1) is 0 Å². The molecule has 1 amide bonds. The molecular weight excluding hydrogens is 224 g/mol. The van der Waals surface area contributed by atoms with Crippen LogP contribution in [0.2, 0.25) is 0 Å². The minimum Gasteiger partial charge on any atom is -0.396 e. The van der Waals surface area contributed by atoms with Crippen LogP contribution in [0.25, 0.3) is 0 Å². The number of amides is 1. The first-order valence-electron chi connectivity index (χ1n) is 5.17. The summed E-state index contributed by atoms with van der Waals surface area (Å²) in [5, 5.41) is 6.89. The standard InChI is InChI=1S/C10H18N4OS/c1-4-7(6-16-3)13-10(15)9-8(11)5-12-14(9)2/h5,7H,4,6,11H2,1-3H3,(H,13,15). The Morgan fingerprint density at radius 1 is 1.75 bits per heavy atom. The molecule has 0 radical (unpaired) electrons. The highest BCUT2D eigenvalue weighted by atomic mass is 32.2. The van der Waals surface area contributed by atoms with Crippen molar-refractivity contribution >= 4 is 23.4 Å². The van der Waals surface area contributed by atoms with E-state index >= 15 is 0 Å². The molecule has 1 rings (SSSR count). The molecule has 90 valence electrons. The van der Waals surface area contributed by atoms with Crippen LogP contribution in [0.1, 0.15) is 23.8 Å². The number of nitrogens with one attached hydrogen (secondary N) is 1. The van der Waals surface area contributed by atoms with Crippen molar-refractivity contribution in [3.8, 4) is 0 Å². The molecule has 16 heavy (non-hydrogen) atoms. The van der Waals surface area contributed by atoms with E-state index in [4.69, 9.17) is 5.73 Å². The lowest BCUT2D eigenvalue weighted by atomic mass is 10.2. The number of nitrogens with zero attached hydrogens (tertiary/aromatic N) is 2. The summed E-state index contributed by atoms with van der Waals surface area (Å²) in [5.74, 6) is 0.749. The van der Waals surface area contributed by atoms with Crippen molar-refractivity contribution in [3.63, 3.8) is 0 Å². The van der Waals surface area contributed by atoms with E-state index in [9.17, 15) is 4.79 Å². The van der Waals surface area contributed by atoms with Gasteiger partial charge in [0.15, 0.2) is 0 Å². The minimum atomic E-state index is -0.154. The molecule has 0 aromatic carbocycles. The lowest BCUT2D eigenvalue weighted by Gasteiger charge is -2.15. The molecule has 1 heterocycles. The van der Waals surface area contributed by atoms with Gasteiger partial charge >= 0.3 is 0 Å². The fourth-order valence-electron chi connectivity index (χ4n) is 1.45. The summed E-state index contributed by atoms with van der Waals surface area (Å²) < 4.78 is 1.50. The minimum absolute atomic E-state index is 0.154. The second-order valence-corrected chi connectivity index (χ2v) is 4.52. The third-order valence-corrected chi connectivity index (χ3v) is 3.11. The fraction of sp³-hybridized carbons (Fsp3) is 0.600. The van der Waals surface area contributed by atoms with Gasteiger partial charge in [-0.2, -0.15) is 16.9 Å². The van der Waals surface area contributed by atoms with Crippen molar-refractivity contribution in [2.75, 3.05) is 17.7 Å². The Labute approximate surface area is 99.8 Å². The number of anilines is 1. The molecule has 5 nitrogen and oxygen atoms in total. The normalized spacial score (nSPS) is 12.4. The maximum absolute atomic E-state index is 11.9. The molecule has 0 aliphatic carbocycles. The second-order valence-electron chi connectivity index (χ2n) is 3.61. The number of aryl methyl sites for hydroxylation is 1. The molecule has 1 aromatic heterocycles. The Balaban J connectivity index is 2.71. The number of aromatic nitrogens is 2. The van der Waals surface area contributed by atoms with E-state index in [1.807, 2.05) is 13.2 Å². The molecule has 0 bridgehead atoms. The first-order chi connectivity index (χ1) is 7.60. The van der Waals surface area contributed by atoms with Crippen LogP contribution >= 0.6 is 11.8 Å². The lowest BCUT2D eigenvalue weighted by Crippen LogP contribution is -2.37. The number of carbonyl (C=O) groups is 1. The average Bonchev–Trinajstić information content (AvgIpc) is 2.57. The molecule has 0 saturated carbocycles. The van der Waals surface area contributed by atoms with Crippen LogP contribution in [0.4, 0.5) is 5.69 Å². The number of carbonyl (C=O) groups excluding carboxylic acids is 1. The van der Waals surface area contributed by atoms with Crippen molar-refractivity contribution in [2.24, 2.45) is 7.05 Å². The number of hydrogen-bond donors (Lipinski definition) is 2. The number of nitrogen functional groups attached to an aromatic ring is 1. The molecule has 0 saturated heterocycles. The average molecular weight is 242 g/mol. The third-order valence-electron chi connectivity index (χ3n) is 2.38. The molecule has 1 aromatic rings. The van der Waals surface area contributed by atoms with E-state index in [0.29, 0.717) is 11.4 Å². The van der Waals surface area contributed by atoms with Gasteiger partial charge in [0.05, 0.1) is 11.9 Å². The fourth-order valence-corrected chi connectivity index (χ4v) is 2.17.